The van der Waals surface area contributed by atoms with Crippen LogP contribution in [0.2, 0.25) is 0 Å². The zero-order valence-electron chi connectivity index (χ0n) is 17.0. The predicted octanol–water partition coefficient (Wildman–Crippen LogP) is 3.80. The Morgan fingerprint density at radius 2 is 1.86 bits per heavy atom. The van der Waals surface area contributed by atoms with Gasteiger partial charge in [-0.15, -0.1) is 0 Å². The average molecular weight is 398 g/mol. The van der Waals surface area contributed by atoms with Gasteiger partial charge >= 0.3 is 6.01 Å². The lowest BCUT2D eigenvalue weighted by atomic mass is 9.74. The molecule has 0 amide bonds. The summed E-state index contributed by atoms with van der Waals surface area (Å²) in [6.07, 6.45) is 10.3. The van der Waals surface area contributed by atoms with Gasteiger partial charge in [-0.25, -0.2) is 9.97 Å². The SMILES string of the molecule is OCC1(C[C@@H]2CCCCO2)CCN(Cc2ccc(Oc3ncccn3)cc2)CC1. The Balaban J connectivity index is 1.27. The number of hydrogen-bond acceptors (Lipinski definition) is 6. The first kappa shape index (κ1) is 20.3. The third-order valence-corrected chi connectivity index (χ3v) is 6.27. The lowest BCUT2D eigenvalue weighted by Gasteiger charge is -2.43. The fourth-order valence-corrected chi connectivity index (χ4v) is 4.43. The Morgan fingerprint density at radius 1 is 1.10 bits per heavy atom. The first-order valence-electron chi connectivity index (χ1n) is 10.7. The quantitative estimate of drug-likeness (QED) is 0.766. The molecular weight excluding hydrogens is 366 g/mol. The molecule has 29 heavy (non-hydrogen) atoms. The van der Waals surface area contributed by atoms with E-state index < -0.39 is 0 Å². The summed E-state index contributed by atoms with van der Waals surface area (Å²) < 4.78 is 11.6. The van der Waals surface area contributed by atoms with Crippen molar-refractivity contribution in [2.75, 3.05) is 26.3 Å². The maximum Gasteiger partial charge on any atom is 0.321 e. The van der Waals surface area contributed by atoms with Crippen LogP contribution in [0.1, 0.15) is 44.1 Å². The van der Waals surface area contributed by atoms with Crippen molar-refractivity contribution >= 4 is 0 Å². The molecule has 0 saturated carbocycles. The number of piperidine rings is 1. The van der Waals surface area contributed by atoms with E-state index in [2.05, 4.69) is 27.0 Å². The largest absolute Gasteiger partial charge is 0.424 e. The first-order valence-corrected chi connectivity index (χ1v) is 10.7. The van der Waals surface area contributed by atoms with Crippen LogP contribution < -0.4 is 4.74 Å². The fraction of sp³-hybridized carbons (Fsp3) is 0.565. The number of nitrogens with zero attached hydrogens (tertiary/aromatic N) is 3. The van der Waals surface area contributed by atoms with Gasteiger partial charge < -0.3 is 14.6 Å². The molecule has 6 heteroatoms. The van der Waals surface area contributed by atoms with Crippen LogP contribution >= 0.6 is 0 Å². The summed E-state index contributed by atoms with van der Waals surface area (Å²) in [5.74, 6) is 0.741. The van der Waals surface area contributed by atoms with Gasteiger partial charge in [0.25, 0.3) is 0 Å². The number of benzene rings is 1. The molecule has 2 saturated heterocycles. The minimum Gasteiger partial charge on any atom is -0.424 e. The van der Waals surface area contributed by atoms with Crippen molar-refractivity contribution in [3.63, 3.8) is 0 Å². The topological polar surface area (TPSA) is 67.7 Å². The Bertz CT molecular complexity index is 740. The summed E-state index contributed by atoms with van der Waals surface area (Å²) in [4.78, 5) is 10.6. The highest BCUT2D eigenvalue weighted by Crippen LogP contribution is 2.38. The van der Waals surface area contributed by atoms with Gasteiger partial charge in [-0.2, -0.15) is 0 Å². The molecule has 0 radical (unpaired) electrons. The number of ether oxygens (including phenoxy) is 2. The van der Waals surface area contributed by atoms with Gasteiger partial charge in [-0.05, 0) is 80.8 Å². The number of likely N-dealkylation sites (tertiary alicyclic amines) is 1. The van der Waals surface area contributed by atoms with Gasteiger partial charge in [0, 0.05) is 32.2 Å². The smallest absolute Gasteiger partial charge is 0.321 e. The highest BCUT2D eigenvalue weighted by Gasteiger charge is 2.36. The van der Waals surface area contributed by atoms with Crippen molar-refractivity contribution in [2.24, 2.45) is 5.41 Å². The molecule has 2 aromatic rings. The summed E-state index contributed by atoms with van der Waals surface area (Å²) in [6, 6.07) is 10.3. The third-order valence-electron chi connectivity index (χ3n) is 6.27. The second kappa shape index (κ2) is 9.65. The molecule has 1 atom stereocenters. The van der Waals surface area contributed by atoms with Crippen molar-refractivity contribution in [1.82, 2.24) is 14.9 Å². The number of aromatic nitrogens is 2. The van der Waals surface area contributed by atoms with Crippen LogP contribution in [0.15, 0.2) is 42.7 Å². The zero-order chi connectivity index (χ0) is 19.9. The molecule has 2 fully saturated rings. The number of rotatable bonds is 7. The van der Waals surface area contributed by atoms with Crippen LogP contribution in [-0.2, 0) is 11.3 Å². The molecule has 0 unspecified atom stereocenters. The Hall–Kier alpha value is -2.02. The molecule has 1 aromatic carbocycles. The molecule has 4 rings (SSSR count). The van der Waals surface area contributed by atoms with Crippen molar-refractivity contribution in [3.8, 4) is 11.8 Å². The number of aliphatic hydroxyl groups is 1. The van der Waals surface area contributed by atoms with Crippen LogP contribution in [0.25, 0.3) is 0 Å². The van der Waals surface area contributed by atoms with Gasteiger partial charge in [-0.1, -0.05) is 12.1 Å². The van der Waals surface area contributed by atoms with Crippen LogP contribution in [0.4, 0.5) is 0 Å². The van der Waals surface area contributed by atoms with Gasteiger partial charge in [0.15, 0.2) is 0 Å². The normalized spacial score (nSPS) is 22.3. The second-order valence-corrected chi connectivity index (χ2v) is 8.40. The average Bonchev–Trinajstić information content (AvgIpc) is 2.78. The predicted molar refractivity (Wildman–Crippen MR) is 111 cm³/mol. The summed E-state index contributed by atoms with van der Waals surface area (Å²) in [7, 11) is 0. The lowest BCUT2D eigenvalue weighted by Crippen LogP contribution is -2.44. The summed E-state index contributed by atoms with van der Waals surface area (Å²) >= 11 is 0. The molecular formula is C23H31N3O3. The summed E-state index contributed by atoms with van der Waals surface area (Å²) in [6.45, 7) is 4.11. The summed E-state index contributed by atoms with van der Waals surface area (Å²) in [5.41, 5.74) is 1.30. The van der Waals surface area contributed by atoms with E-state index in [0.29, 0.717) is 12.1 Å². The first-order chi connectivity index (χ1) is 14.2. The maximum absolute atomic E-state index is 10.1. The van der Waals surface area contributed by atoms with E-state index in [-0.39, 0.29) is 12.0 Å². The van der Waals surface area contributed by atoms with E-state index in [0.717, 1.165) is 57.7 Å². The molecule has 156 valence electrons. The highest BCUT2D eigenvalue weighted by molar-refractivity contribution is 5.29. The Kier molecular flexibility index (Phi) is 6.74. The zero-order valence-corrected chi connectivity index (χ0v) is 17.0. The van der Waals surface area contributed by atoms with E-state index in [4.69, 9.17) is 9.47 Å². The summed E-state index contributed by atoms with van der Waals surface area (Å²) in [5, 5.41) is 10.1. The second-order valence-electron chi connectivity index (χ2n) is 8.40. The maximum atomic E-state index is 10.1. The van der Waals surface area contributed by atoms with Gasteiger partial charge in [-0.3, -0.25) is 4.90 Å². The monoisotopic (exact) mass is 397 g/mol. The van der Waals surface area contributed by atoms with E-state index >= 15 is 0 Å². The van der Waals surface area contributed by atoms with Gasteiger partial charge in [0.1, 0.15) is 5.75 Å². The van der Waals surface area contributed by atoms with Crippen molar-refractivity contribution in [1.29, 1.82) is 0 Å². The van der Waals surface area contributed by atoms with E-state index in [1.807, 2.05) is 12.1 Å². The molecule has 2 aliphatic heterocycles. The van der Waals surface area contributed by atoms with Crippen molar-refractivity contribution < 1.29 is 14.6 Å². The third kappa shape index (κ3) is 5.53. The lowest BCUT2D eigenvalue weighted by molar-refractivity contribution is -0.0486. The van der Waals surface area contributed by atoms with Crippen LogP contribution in [0, 0.1) is 5.41 Å². The molecule has 1 N–H and O–H groups in total. The fourth-order valence-electron chi connectivity index (χ4n) is 4.43. The van der Waals surface area contributed by atoms with E-state index in [1.165, 1.54) is 18.4 Å². The van der Waals surface area contributed by atoms with Gasteiger partial charge in [0.05, 0.1) is 6.10 Å². The molecule has 3 heterocycles. The van der Waals surface area contributed by atoms with E-state index in [1.54, 1.807) is 18.5 Å². The molecule has 0 bridgehead atoms. The molecule has 6 nitrogen and oxygen atoms in total. The highest BCUT2D eigenvalue weighted by atomic mass is 16.5. The van der Waals surface area contributed by atoms with Crippen molar-refractivity contribution in [3.05, 3.63) is 48.3 Å². The molecule has 0 spiro atoms. The minimum atomic E-state index is 0.0336. The molecule has 0 aliphatic carbocycles. The van der Waals surface area contributed by atoms with Gasteiger partial charge in [0.2, 0.25) is 0 Å². The van der Waals surface area contributed by atoms with Crippen LogP contribution in [0.3, 0.4) is 0 Å². The number of aliphatic hydroxyl groups excluding tert-OH is 1. The van der Waals surface area contributed by atoms with Crippen molar-refractivity contribution in [2.45, 2.75) is 51.2 Å². The van der Waals surface area contributed by atoms with E-state index in [9.17, 15) is 5.11 Å². The van der Waals surface area contributed by atoms with Crippen LogP contribution in [-0.4, -0.2) is 52.4 Å². The molecule has 2 aliphatic rings. The number of hydrogen-bond donors (Lipinski definition) is 1. The van der Waals surface area contributed by atoms with Crippen LogP contribution in [0.5, 0.6) is 11.8 Å². The molecule has 1 aromatic heterocycles. The Morgan fingerprint density at radius 3 is 2.52 bits per heavy atom. The Labute approximate surface area is 172 Å². The standard InChI is InChI=1S/C23H31N3O3/c27-18-23(16-21-4-1-2-15-28-21)9-13-26(14-10-23)17-19-5-7-20(8-6-19)29-22-24-11-3-12-25-22/h3,5-8,11-12,21,27H,1-2,4,9-10,13-18H2/t21-/m0/s1. The minimum absolute atomic E-state index is 0.0336.